The molecule has 16 heavy (non-hydrogen) atoms. The van der Waals surface area contributed by atoms with Crippen molar-refractivity contribution in [1.82, 2.24) is 10.2 Å². The Balaban J connectivity index is 1.65. The molecule has 0 aliphatic carbocycles. The third-order valence-electron chi connectivity index (χ3n) is 3.28. The predicted octanol–water partition coefficient (Wildman–Crippen LogP) is 1.58. The van der Waals surface area contributed by atoms with Gasteiger partial charge >= 0.3 is 0 Å². The first kappa shape index (κ1) is 11.0. The average Bonchev–Trinajstić information content (AvgIpc) is 2.63. The van der Waals surface area contributed by atoms with Gasteiger partial charge in [0.1, 0.15) is 5.60 Å². The van der Waals surface area contributed by atoms with Gasteiger partial charge in [0, 0.05) is 37.6 Å². The summed E-state index contributed by atoms with van der Waals surface area (Å²) in [7, 11) is 0. The summed E-state index contributed by atoms with van der Waals surface area (Å²) < 4.78 is 5.85. The Labute approximate surface area is 104 Å². The molecule has 0 aromatic carbocycles. The second-order valence-electron chi connectivity index (χ2n) is 4.54. The third-order valence-corrected chi connectivity index (χ3v) is 4.65. The summed E-state index contributed by atoms with van der Waals surface area (Å²) in [5.74, 6) is 0. The van der Waals surface area contributed by atoms with E-state index in [9.17, 15) is 0 Å². The van der Waals surface area contributed by atoms with Crippen molar-refractivity contribution in [2.24, 2.45) is 0 Å². The number of thiophene rings is 1. The van der Waals surface area contributed by atoms with Crippen molar-refractivity contribution in [3.63, 3.8) is 0 Å². The van der Waals surface area contributed by atoms with Gasteiger partial charge in [-0.3, -0.25) is 4.90 Å². The van der Waals surface area contributed by atoms with Gasteiger partial charge in [0.05, 0.1) is 11.6 Å². The summed E-state index contributed by atoms with van der Waals surface area (Å²) in [6.45, 7) is 5.81. The van der Waals surface area contributed by atoms with Gasteiger partial charge in [-0.05, 0) is 11.4 Å². The highest BCUT2D eigenvalue weighted by Gasteiger charge is 2.42. The molecule has 3 nitrogen and oxygen atoms in total. The molecular weight excluding hydrogens is 244 g/mol. The molecule has 3 heterocycles. The Morgan fingerprint density at radius 2 is 2.44 bits per heavy atom. The molecule has 88 valence electrons. The standard InChI is InChI=1S/C11H15ClN2OS/c12-9-1-4-16-10(9)5-14-2-3-15-11(8-14)6-13-7-11/h1,4,13H,2-3,5-8H2. The minimum Gasteiger partial charge on any atom is -0.370 e. The minimum absolute atomic E-state index is 0.0853. The Hall–Kier alpha value is -0.130. The molecule has 0 bridgehead atoms. The molecule has 1 N–H and O–H groups in total. The fraction of sp³-hybridized carbons (Fsp3) is 0.636. The fourth-order valence-corrected chi connectivity index (χ4v) is 3.45. The first-order valence-electron chi connectivity index (χ1n) is 5.56. The van der Waals surface area contributed by atoms with Gasteiger partial charge < -0.3 is 10.1 Å². The van der Waals surface area contributed by atoms with Crippen LogP contribution >= 0.6 is 22.9 Å². The van der Waals surface area contributed by atoms with Crippen LogP contribution in [0.15, 0.2) is 11.4 Å². The van der Waals surface area contributed by atoms with Crippen LogP contribution in [0.4, 0.5) is 0 Å². The third kappa shape index (κ3) is 2.00. The number of nitrogens with one attached hydrogen (secondary N) is 1. The summed E-state index contributed by atoms with van der Waals surface area (Å²) in [5, 5.41) is 6.24. The summed E-state index contributed by atoms with van der Waals surface area (Å²) in [4.78, 5) is 3.72. The van der Waals surface area contributed by atoms with Crippen LogP contribution in [-0.4, -0.2) is 43.3 Å². The Morgan fingerprint density at radius 3 is 3.06 bits per heavy atom. The molecule has 3 rings (SSSR count). The van der Waals surface area contributed by atoms with Crippen molar-refractivity contribution in [2.45, 2.75) is 12.1 Å². The first-order valence-corrected chi connectivity index (χ1v) is 6.82. The molecule has 0 radical (unpaired) electrons. The largest absolute Gasteiger partial charge is 0.370 e. The van der Waals surface area contributed by atoms with Crippen molar-refractivity contribution in [3.05, 3.63) is 21.3 Å². The van der Waals surface area contributed by atoms with Crippen LogP contribution in [0.3, 0.4) is 0 Å². The number of ether oxygens (including phenoxy) is 1. The molecule has 0 amide bonds. The van der Waals surface area contributed by atoms with Gasteiger partial charge in [-0.1, -0.05) is 11.6 Å². The zero-order chi connectivity index (χ0) is 11.0. The predicted molar refractivity (Wildman–Crippen MR) is 66.2 cm³/mol. The lowest BCUT2D eigenvalue weighted by Crippen LogP contribution is -2.68. The van der Waals surface area contributed by atoms with Crippen molar-refractivity contribution in [2.75, 3.05) is 32.8 Å². The molecule has 0 saturated carbocycles. The van der Waals surface area contributed by atoms with Crippen LogP contribution in [0.1, 0.15) is 4.88 Å². The fourth-order valence-electron chi connectivity index (χ4n) is 2.32. The van der Waals surface area contributed by atoms with Crippen molar-refractivity contribution < 1.29 is 4.74 Å². The maximum Gasteiger partial charge on any atom is 0.106 e. The van der Waals surface area contributed by atoms with E-state index in [-0.39, 0.29) is 5.60 Å². The monoisotopic (exact) mass is 258 g/mol. The lowest BCUT2D eigenvalue weighted by atomic mass is 9.94. The summed E-state index contributed by atoms with van der Waals surface area (Å²) in [6, 6.07) is 1.97. The maximum absolute atomic E-state index is 6.12. The van der Waals surface area contributed by atoms with Crippen LogP contribution in [-0.2, 0) is 11.3 Å². The average molecular weight is 259 g/mol. The quantitative estimate of drug-likeness (QED) is 0.872. The summed E-state index contributed by atoms with van der Waals surface area (Å²) >= 11 is 7.86. The van der Waals surface area contributed by atoms with Crippen LogP contribution in [0.25, 0.3) is 0 Å². The van der Waals surface area contributed by atoms with E-state index in [1.807, 2.05) is 6.07 Å². The van der Waals surface area contributed by atoms with Gasteiger partial charge in [-0.15, -0.1) is 11.3 Å². The summed E-state index contributed by atoms with van der Waals surface area (Å²) in [6.07, 6.45) is 0. The van der Waals surface area contributed by atoms with E-state index >= 15 is 0 Å². The minimum atomic E-state index is 0.0853. The molecule has 1 spiro atoms. The summed E-state index contributed by atoms with van der Waals surface area (Å²) in [5.41, 5.74) is 0.0853. The molecule has 2 aliphatic rings. The van der Waals surface area contributed by atoms with E-state index in [0.717, 1.165) is 44.4 Å². The van der Waals surface area contributed by atoms with Crippen molar-refractivity contribution >= 4 is 22.9 Å². The van der Waals surface area contributed by atoms with E-state index in [1.165, 1.54) is 4.88 Å². The molecule has 0 atom stereocenters. The SMILES string of the molecule is Clc1ccsc1CN1CCOC2(CNC2)C1. The number of hydrogen-bond acceptors (Lipinski definition) is 4. The highest BCUT2D eigenvalue weighted by Crippen LogP contribution is 2.27. The van der Waals surface area contributed by atoms with Gasteiger partial charge in [-0.2, -0.15) is 0 Å². The molecule has 1 aromatic rings. The van der Waals surface area contributed by atoms with Crippen LogP contribution in [0, 0.1) is 0 Å². The van der Waals surface area contributed by atoms with Gasteiger partial charge in [0.2, 0.25) is 0 Å². The molecule has 1 aromatic heterocycles. The zero-order valence-electron chi connectivity index (χ0n) is 9.04. The number of nitrogens with zero attached hydrogens (tertiary/aromatic N) is 1. The second-order valence-corrected chi connectivity index (χ2v) is 5.95. The number of halogens is 1. The molecule has 2 fully saturated rings. The lowest BCUT2D eigenvalue weighted by Gasteiger charge is -2.48. The first-order chi connectivity index (χ1) is 7.77. The van der Waals surface area contributed by atoms with E-state index in [0.29, 0.717) is 0 Å². The normalized spacial score (nSPS) is 24.6. The van der Waals surface area contributed by atoms with E-state index in [2.05, 4.69) is 15.6 Å². The molecule has 2 saturated heterocycles. The highest BCUT2D eigenvalue weighted by molar-refractivity contribution is 7.10. The van der Waals surface area contributed by atoms with Crippen molar-refractivity contribution in [1.29, 1.82) is 0 Å². The molecule has 5 heteroatoms. The lowest BCUT2D eigenvalue weighted by molar-refractivity contribution is -0.137. The maximum atomic E-state index is 6.12. The molecular formula is C11H15ClN2OS. The van der Waals surface area contributed by atoms with Gasteiger partial charge in [-0.25, -0.2) is 0 Å². The van der Waals surface area contributed by atoms with Crippen LogP contribution < -0.4 is 5.32 Å². The number of hydrogen-bond donors (Lipinski definition) is 1. The zero-order valence-corrected chi connectivity index (χ0v) is 10.6. The second kappa shape index (κ2) is 4.27. The van der Waals surface area contributed by atoms with Gasteiger partial charge in [0.15, 0.2) is 0 Å². The van der Waals surface area contributed by atoms with E-state index in [1.54, 1.807) is 11.3 Å². The Bertz CT molecular complexity index is 378. The Kier molecular flexibility index (Phi) is 2.94. The number of rotatable bonds is 2. The molecule has 2 aliphatic heterocycles. The van der Waals surface area contributed by atoms with Crippen LogP contribution in [0.5, 0.6) is 0 Å². The van der Waals surface area contributed by atoms with Crippen LogP contribution in [0.2, 0.25) is 5.02 Å². The molecule has 0 unspecified atom stereocenters. The van der Waals surface area contributed by atoms with Gasteiger partial charge in [0.25, 0.3) is 0 Å². The highest BCUT2D eigenvalue weighted by atomic mass is 35.5. The smallest absolute Gasteiger partial charge is 0.106 e. The van der Waals surface area contributed by atoms with E-state index < -0.39 is 0 Å². The number of morpholine rings is 1. The topological polar surface area (TPSA) is 24.5 Å². The van der Waals surface area contributed by atoms with Crippen molar-refractivity contribution in [3.8, 4) is 0 Å². The van der Waals surface area contributed by atoms with E-state index in [4.69, 9.17) is 16.3 Å². The Morgan fingerprint density at radius 1 is 1.56 bits per heavy atom.